The van der Waals surface area contributed by atoms with Gasteiger partial charge in [0.15, 0.2) is 17.1 Å². The number of pyridine rings is 3. The lowest BCUT2D eigenvalue weighted by Gasteiger charge is -2.10. The average Bonchev–Trinajstić information content (AvgIpc) is 3.46. The van der Waals surface area contributed by atoms with Gasteiger partial charge >= 0.3 is 0 Å². The molecular formula is C27H23FN8. The molecule has 3 N–H and O–H groups in total. The number of H-pyrrole nitrogens is 2. The van der Waals surface area contributed by atoms with Crippen molar-refractivity contribution in [3.8, 4) is 33.8 Å². The second kappa shape index (κ2) is 8.53. The molecule has 1 aromatic carbocycles. The number of hydrogen-bond donors (Lipinski definition) is 3. The second-order valence-electron chi connectivity index (χ2n) is 9.11. The minimum absolute atomic E-state index is 0.282. The third kappa shape index (κ3) is 3.94. The summed E-state index contributed by atoms with van der Waals surface area (Å²) < 4.78 is 14.1. The number of anilines is 1. The van der Waals surface area contributed by atoms with Gasteiger partial charge in [-0.3, -0.25) is 10.1 Å². The molecule has 0 aliphatic carbocycles. The van der Waals surface area contributed by atoms with Gasteiger partial charge in [-0.05, 0) is 62.2 Å². The highest BCUT2D eigenvalue weighted by Gasteiger charge is 2.17. The SMILES string of the molecule is Cc1cc(F)cc(-c2ccnc3nc(-c4[nH]nc5ncc(-c6cncc(NC(C)C)c6)cc45)[nH]c23)c1. The third-order valence-corrected chi connectivity index (χ3v) is 5.92. The van der Waals surface area contributed by atoms with Crippen LogP contribution in [0.3, 0.4) is 0 Å². The summed E-state index contributed by atoms with van der Waals surface area (Å²) >= 11 is 0. The van der Waals surface area contributed by atoms with Crippen molar-refractivity contribution in [1.29, 1.82) is 0 Å². The first-order chi connectivity index (χ1) is 17.4. The molecule has 0 bridgehead atoms. The number of imidazole rings is 1. The Kier molecular flexibility index (Phi) is 5.18. The quantitative estimate of drug-likeness (QED) is 0.285. The number of hydrogen-bond acceptors (Lipinski definition) is 6. The number of aryl methyl sites for hydroxylation is 1. The molecule has 0 unspecified atom stereocenters. The highest BCUT2D eigenvalue weighted by molar-refractivity contribution is 5.96. The Morgan fingerprint density at radius 1 is 0.917 bits per heavy atom. The Morgan fingerprint density at radius 2 is 1.78 bits per heavy atom. The van der Waals surface area contributed by atoms with Gasteiger partial charge < -0.3 is 10.3 Å². The van der Waals surface area contributed by atoms with Crippen LogP contribution in [0.15, 0.2) is 61.2 Å². The second-order valence-corrected chi connectivity index (χ2v) is 9.11. The average molecular weight is 479 g/mol. The fourth-order valence-corrected chi connectivity index (χ4v) is 4.41. The van der Waals surface area contributed by atoms with Crippen LogP contribution >= 0.6 is 0 Å². The van der Waals surface area contributed by atoms with Crippen molar-refractivity contribution < 1.29 is 4.39 Å². The van der Waals surface area contributed by atoms with Crippen LogP contribution in [0.5, 0.6) is 0 Å². The molecule has 6 rings (SSSR count). The lowest BCUT2D eigenvalue weighted by atomic mass is 10.0. The number of halogens is 1. The highest BCUT2D eigenvalue weighted by Crippen LogP contribution is 2.32. The predicted molar refractivity (Wildman–Crippen MR) is 139 cm³/mol. The van der Waals surface area contributed by atoms with Gasteiger partial charge in [0.2, 0.25) is 0 Å². The number of aromatic amines is 2. The van der Waals surface area contributed by atoms with E-state index >= 15 is 0 Å². The first kappa shape index (κ1) is 21.8. The molecule has 0 spiro atoms. The van der Waals surface area contributed by atoms with Crippen molar-refractivity contribution in [2.24, 2.45) is 0 Å². The molecule has 0 aliphatic heterocycles. The van der Waals surface area contributed by atoms with Crippen LogP contribution < -0.4 is 5.32 Å². The summed E-state index contributed by atoms with van der Waals surface area (Å²) in [5.41, 5.74) is 7.76. The number of benzene rings is 1. The summed E-state index contributed by atoms with van der Waals surface area (Å²) in [5, 5.41) is 11.6. The molecule has 0 aliphatic rings. The van der Waals surface area contributed by atoms with Gasteiger partial charge in [-0.2, -0.15) is 5.10 Å². The topological polar surface area (TPSA) is 108 Å². The van der Waals surface area contributed by atoms with Crippen LogP contribution in [0.2, 0.25) is 0 Å². The maximum absolute atomic E-state index is 14.1. The fourth-order valence-electron chi connectivity index (χ4n) is 4.41. The van der Waals surface area contributed by atoms with E-state index in [1.807, 2.05) is 37.4 Å². The largest absolute Gasteiger partial charge is 0.382 e. The first-order valence-corrected chi connectivity index (χ1v) is 11.6. The van der Waals surface area contributed by atoms with Crippen LogP contribution in [0.1, 0.15) is 19.4 Å². The molecule has 178 valence electrons. The summed E-state index contributed by atoms with van der Waals surface area (Å²) in [7, 11) is 0. The van der Waals surface area contributed by atoms with Gasteiger partial charge in [-0.15, -0.1) is 0 Å². The fraction of sp³-hybridized carbons (Fsp3) is 0.148. The highest BCUT2D eigenvalue weighted by atomic mass is 19.1. The van der Waals surface area contributed by atoms with Crippen molar-refractivity contribution in [3.63, 3.8) is 0 Å². The third-order valence-electron chi connectivity index (χ3n) is 5.92. The molecular weight excluding hydrogens is 455 g/mol. The molecule has 0 amide bonds. The standard InChI is InChI=1S/C27H23FN8/c1-14(2)32-20-9-17(11-29-13-20)18-10-22-24(35-36-25(22)31-12-18)27-33-23-21(4-5-30-26(23)34-27)16-6-15(3)7-19(28)8-16/h4-14,32H,1-3H3,(H,30,33,34)(H,31,35,36). The van der Waals surface area contributed by atoms with E-state index in [9.17, 15) is 4.39 Å². The molecule has 9 heteroatoms. The van der Waals surface area contributed by atoms with E-state index in [4.69, 9.17) is 4.98 Å². The van der Waals surface area contributed by atoms with E-state index in [0.717, 1.165) is 44.4 Å². The van der Waals surface area contributed by atoms with Crippen LogP contribution in [0.4, 0.5) is 10.1 Å². The summed E-state index contributed by atoms with van der Waals surface area (Å²) in [6.07, 6.45) is 7.08. The zero-order valence-corrected chi connectivity index (χ0v) is 20.0. The van der Waals surface area contributed by atoms with Crippen molar-refractivity contribution in [3.05, 3.63) is 72.6 Å². The monoisotopic (exact) mass is 478 g/mol. The van der Waals surface area contributed by atoms with Gasteiger partial charge in [-0.1, -0.05) is 6.07 Å². The number of fused-ring (bicyclic) bond motifs is 2. The van der Waals surface area contributed by atoms with Crippen LogP contribution in [0, 0.1) is 12.7 Å². The van der Waals surface area contributed by atoms with Gasteiger partial charge in [0, 0.05) is 47.5 Å². The smallest absolute Gasteiger partial charge is 0.181 e. The van der Waals surface area contributed by atoms with E-state index in [1.165, 1.54) is 12.1 Å². The van der Waals surface area contributed by atoms with Gasteiger partial charge in [0.1, 0.15) is 11.5 Å². The molecule has 36 heavy (non-hydrogen) atoms. The summed E-state index contributed by atoms with van der Waals surface area (Å²) in [5.74, 6) is 0.294. The van der Waals surface area contributed by atoms with E-state index in [-0.39, 0.29) is 5.82 Å². The number of nitrogens with zero attached hydrogens (tertiary/aromatic N) is 5. The van der Waals surface area contributed by atoms with Crippen molar-refractivity contribution in [1.82, 2.24) is 35.1 Å². The van der Waals surface area contributed by atoms with Crippen LogP contribution in [0.25, 0.3) is 56.0 Å². The number of aromatic nitrogens is 7. The molecule has 0 radical (unpaired) electrons. The Balaban J connectivity index is 1.45. The van der Waals surface area contributed by atoms with Gasteiger partial charge in [-0.25, -0.2) is 19.3 Å². The minimum atomic E-state index is -0.282. The van der Waals surface area contributed by atoms with Crippen molar-refractivity contribution in [2.45, 2.75) is 26.8 Å². The molecule has 5 aromatic heterocycles. The molecule has 5 heterocycles. The molecule has 0 atom stereocenters. The predicted octanol–water partition coefficient (Wildman–Crippen LogP) is 5.89. The molecule has 0 saturated carbocycles. The maximum atomic E-state index is 14.1. The first-order valence-electron chi connectivity index (χ1n) is 11.6. The van der Waals surface area contributed by atoms with Gasteiger partial charge in [0.05, 0.1) is 16.6 Å². The number of nitrogens with one attached hydrogen (secondary N) is 3. The zero-order valence-electron chi connectivity index (χ0n) is 20.0. The molecule has 0 fully saturated rings. The Morgan fingerprint density at radius 3 is 2.61 bits per heavy atom. The number of rotatable bonds is 5. The van der Waals surface area contributed by atoms with E-state index in [1.54, 1.807) is 18.6 Å². The van der Waals surface area contributed by atoms with Crippen LogP contribution in [-0.2, 0) is 0 Å². The van der Waals surface area contributed by atoms with Crippen molar-refractivity contribution in [2.75, 3.05) is 5.32 Å². The van der Waals surface area contributed by atoms with E-state index < -0.39 is 0 Å². The van der Waals surface area contributed by atoms with Crippen molar-refractivity contribution >= 4 is 27.9 Å². The minimum Gasteiger partial charge on any atom is -0.382 e. The van der Waals surface area contributed by atoms with Gasteiger partial charge in [0.25, 0.3) is 0 Å². The lowest BCUT2D eigenvalue weighted by molar-refractivity contribution is 0.627. The Bertz CT molecular complexity index is 1710. The Hall–Kier alpha value is -4.66. The lowest BCUT2D eigenvalue weighted by Crippen LogP contribution is -2.09. The van der Waals surface area contributed by atoms with E-state index in [0.29, 0.717) is 28.9 Å². The molecule has 0 saturated heterocycles. The summed E-state index contributed by atoms with van der Waals surface area (Å²) in [6, 6.07) is 11.2. The normalized spacial score (nSPS) is 11.6. The zero-order chi connectivity index (χ0) is 24.8. The summed E-state index contributed by atoms with van der Waals surface area (Å²) in [4.78, 5) is 21.4. The van der Waals surface area contributed by atoms with E-state index in [2.05, 4.69) is 49.3 Å². The molecule has 8 nitrogen and oxygen atoms in total. The molecule has 6 aromatic rings. The summed E-state index contributed by atoms with van der Waals surface area (Å²) in [6.45, 7) is 6.04. The maximum Gasteiger partial charge on any atom is 0.181 e. The van der Waals surface area contributed by atoms with Crippen LogP contribution in [-0.4, -0.2) is 41.2 Å². The Labute approximate surface area is 206 Å².